The number of fused-ring (bicyclic) bond motifs is 1. The highest BCUT2D eigenvalue weighted by atomic mass is 79.9. The van der Waals surface area contributed by atoms with E-state index in [1.807, 2.05) is 29.2 Å². The summed E-state index contributed by atoms with van der Waals surface area (Å²) in [4.78, 5) is 41.3. The summed E-state index contributed by atoms with van der Waals surface area (Å²) in [5.74, 6) is -0.170. The lowest BCUT2D eigenvalue weighted by Gasteiger charge is -2.45. The lowest BCUT2D eigenvalue weighted by molar-refractivity contribution is -0.140. The molecule has 4 amide bonds. The van der Waals surface area contributed by atoms with Crippen LogP contribution in [0, 0.1) is 5.92 Å². The topological polar surface area (TPSA) is 81.8 Å². The van der Waals surface area contributed by atoms with Crippen LogP contribution in [0.4, 0.5) is 4.79 Å². The zero-order valence-corrected chi connectivity index (χ0v) is 17.3. The maximum Gasteiger partial charge on any atom is 0.325 e. The molecule has 3 heterocycles. The molecule has 0 bridgehead atoms. The number of likely N-dealkylation sites (tertiary alicyclic amines) is 1. The van der Waals surface area contributed by atoms with Crippen LogP contribution in [-0.2, 0) is 16.0 Å². The molecule has 0 aliphatic carbocycles. The van der Waals surface area contributed by atoms with Crippen LogP contribution >= 0.6 is 15.9 Å². The number of nitrogens with one attached hydrogen (secondary N) is 2. The number of imide groups is 1. The summed E-state index contributed by atoms with van der Waals surface area (Å²) in [7, 11) is 0. The Morgan fingerprint density at radius 2 is 1.89 bits per heavy atom. The minimum absolute atomic E-state index is 0.0704. The molecule has 0 saturated carbocycles. The Morgan fingerprint density at radius 3 is 2.64 bits per heavy atom. The van der Waals surface area contributed by atoms with Gasteiger partial charge in [-0.05, 0) is 43.9 Å². The number of hydrogen-bond acceptors (Lipinski definition) is 4. The van der Waals surface area contributed by atoms with E-state index in [-0.39, 0.29) is 36.0 Å². The van der Waals surface area contributed by atoms with Gasteiger partial charge in [0.15, 0.2) is 0 Å². The second-order valence-electron chi connectivity index (χ2n) is 7.72. The smallest absolute Gasteiger partial charge is 0.325 e. The molecule has 0 spiro atoms. The van der Waals surface area contributed by atoms with Crippen LogP contribution in [-0.4, -0.2) is 59.5 Å². The van der Waals surface area contributed by atoms with E-state index in [2.05, 4.69) is 26.6 Å². The van der Waals surface area contributed by atoms with Crippen molar-refractivity contribution in [2.45, 2.75) is 44.3 Å². The molecule has 3 saturated heterocycles. The van der Waals surface area contributed by atoms with Crippen molar-refractivity contribution in [2.24, 2.45) is 5.92 Å². The molecule has 3 aliphatic rings. The van der Waals surface area contributed by atoms with Gasteiger partial charge in [-0.3, -0.25) is 19.8 Å². The Morgan fingerprint density at radius 1 is 1.14 bits per heavy atom. The molecule has 7 nitrogen and oxygen atoms in total. The first-order chi connectivity index (χ1) is 13.5. The molecule has 2 unspecified atom stereocenters. The lowest BCUT2D eigenvalue weighted by atomic mass is 9.90. The molecule has 3 aliphatic heterocycles. The summed E-state index contributed by atoms with van der Waals surface area (Å²) >= 11 is 3.49. The van der Waals surface area contributed by atoms with Crippen LogP contribution in [0.15, 0.2) is 28.7 Å². The van der Waals surface area contributed by atoms with E-state index < -0.39 is 0 Å². The molecule has 4 rings (SSSR count). The van der Waals surface area contributed by atoms with Gasteiger partial charge in [-0.25, -0.2) is 4.79 Å². The molecular weight excluding hydrogens is 424 g/mol. The lowest BCUT2D eigenvalue weighted by Crippen LogP contribution is -2.68. The fraction of sp³-hybridized carbons (Fsp3) is 0.550. The number of nitrogens with zero attached hydrogens (tertiary/aromatic N) is 2. The van der Waals surface area contributed by atoms with Crippen molar-refractivity contribution in [2.75, 3.05) is 19.6 Å². The van der Waals surface area contributed by atoms with Gasteiger partial charge in [0.05, 0.1) is 18.5 Å². The Kier molecular flexibility index (Phi) is 5.68. The van der Waals surface area contributed by atoms with Crippen molar-refractivity contribution < 1.29 is 14.4 Å². The highest BCUT2D eigenvalue weighted by Crippen LogP contribution is 2.27. The van der Waals surface area contributed by atoms with Crippen LogP contribution in [0.25, 0.3) is 0 Å². The zero-order chi connectivity index (χ0) is 19.7. The van der Waals surface area contributed by atoms with Crippen LogP contribution in [0.2, 0.25) is 0 Å². The van der Waals surface area contributed by atoms with Gasteiger partial charge in [0.2, 0.25) is 11.8 Å². The highest BCUT2D eigenvalue weighted by molar-refractivity contribution is 9.10. The van der Waals surface area contributed by atoms with Crippen molar-refractivity contribution >= 4 is 33.8 Å². The molecule has 1 aromatic carbocycles. The molecule has 1 aromatic rings. The first-order valence-corrected chi connectivity index (χ1v) is 10.7. The molecule has 28 heavy (non-hydrogen) atoms. The molecule has 3 fully saturated rings. The summed E-state index contributed by atoms with van der Waals surface area (Å²) in [6.45, 7) is 1.96. The Hall–Kier alpha value is -1.93. The highest BCUT2D eigenvalue weighted by Gasteiger charge is 2.45. The van der Waals surface area contributed by atoms with E-state index >= 15 is 0 Å². The van der Waals surface area contributed by atoms with E-state index in [0.29, 0.717) is 32.4 Å². The number of piperidine rings is 2. The summed E-state index contributed by atoms with van der Waals surface area (Å²) in [5, 5.41) is 6.16. The van der Waals surface area contributed by atoms with Gasteiger partial charge in [-0.1, -0.05) is 34.1 Å². The predicted octanol–water partition coefficient (Wildman–Crippen LogP) is 1.86. The Balaban J connectivity index is 1.36. The van der Waals surface area contributed by atoms with E-state index in [1.165, 1.54) is 4.90 Å². The third-order valence-electron chi connectivity index (χ3n) is 5.99. The monoisotopic (exact) mass is 448 g/mol. The van der Waals surface area contributed by atoms with Crippen LogP contribution < -0.4 is 10.6 Å². The maximum atomic E-state index is 12.9. The number of halogens is 1. The fourth-order valence-corrected chi connectivity index (χ4v) is 4.85. The van der Waals surface area contributed by atoms with Crippen molar-refractivity contribution in [3.63, 3.8) is 0 Å². The number of urea groups is 1. The first-order valence-electron chi connectivity index (χ1n) is 9.92. The Labute approximate surface area is 172 Å². The first kappa shape index (κ1) is 19.4. The van der Waals surface area contributed by atoms with Crippen LogP contribution in [0.1, 0.15) is 31.2 Å². The van der Waals surface area contributed by atoms with Crippen LogP contribution in [0.5, 0.6) is 0 Å². The molecule has 150 valence electrons. The average molecular weight is 449 g/mol. The average Bonchev–Trinajstić information content (AvgIpc) is 2.70. The van der Waals surface area contributed by atoms with E-state index in [9.17, 15) is 14.4 Å². The van der Waals surface area contributed by atoms with Gasteiger partial charge >= 0.3 is 6.03 Å². The maximum absolute atomic E-state index is 12.9. The molecule has 2 atom stereocenters. The standard InChI is InChI=1S/C20H25BrN4O3/c21-16-6-2-1-4-13(16)12-17(26)24-10-7-14(8-11-24)25-19(27)15-5-3-9-22-18(15)23-20(25)28/h1-2,4,6,14-15,18,22H,3,5,7-12H2,(H,23,28). The summed E-state index contributed by atoms with van der Waals surface area (Å²) < 4.78 is 0.935. The van der Waals surface area contributed by atoms with Crippen molar-refractivity contribution in [3.8, 4) is 0 Å². The molecule has 8 heteroatoms. The summed E-state index contributed by atoms with van der Waals surface area (Å²) in [5.41, 5.74) is 0.969. The number of amides is 4. The number of hydrogen-bond donors (Lipinski definition) is 2. The van der Waals surface area contributed by atoms with Crippen LogP contribution in [0.3, 0.4) is 0 Å². The van der Waals surface area contributed by atoms with Gasteiger partial charge in [-0.2, -0.15) is 0 Å². The van der Waals surface area contributed by atoms with E-state index in [0.717, 1.165) is 29.4 Å². The minimum Gasteiger partial charge on any atom is -0.342 e. The second kappa shape index (κ2) is 8.21. The molecule has 2 N–H and O–H groups in total. The number of carbonyl (C=O) groups is 3. The second-order valence-corrected chi connectivity index (χ2v) is 8.57. The number of rotatable bonds is 3. The molecule has 0 radical (unpaired) electrons. The SMILES string of the molecule is O=C(Cc1ccccc1Br)N1CCC(N2C(=O)NC3NCCCC3C2=O)CC1. The zero-order valence-electron chi connectivity index (χ0n) is 15.7. The van der Waals surface area contributed by atoms with E-state index in [4.69, 9.17) is 0 Å². The van der Waals surface area contributed by atoms with Gasteiger partial charge < -0.3 is 10.2 Å². The number of carbonyl (C=O) groups excluding carboxylic acids is 3. The predicted molar refractivity (Wildman–Crippen MR) is 107 cm³/mol. The van der Waals surface area contributed by atoms with Crippen molar-refractivity contribution in [1.29, 1.82) is 0 Å². The quantitative estimate of drug-likeness (QED) is 0.739. The van der Waals surface area contributed by atoms with Gasteiger partial charge in [0.25, 0.3) is 0 Å². The largest absolute Gasteiger partial charge is 0.342 e. The van der Waals surface area contributed by atoms with Gasteiger partial charge in [0, 0.05) is 23.6 Å². The van der Waals surface area contributed by atoms with E-state index in [1.54, 1.807) is 0 Å². The fourth-order valence-electron chi connectivity index (χ4n) is 4.42. The minimum atomic E-state index is -0.307. The normalized spacial score (nSPS) is 26.0. The molecular formula is C20H25BrN4O3. The Bertz CT molecular complexity index is 778. The summed E-state index contributed by atoms with van der Waals surface area (Å²) in [6, 6.07) is 7.29. The van der Waals surface area contributed by atoms with Gasteiger partial charge in [0.1, 0.15) is 0 Å². The third-order valence-corrected chi connectivity index (χ3v) is 6.77. The van der Waals surface area contributed by atoms with Gasteiger partial charge in [-0.15, -0.1) is 0 Å². The van der Waals surface area contributed by atoms with Crippen molar-refractivity contribution in [1.82, 2.24) is 20.4 Å². The number of benzene rings is 1. The summed E-state index contributed by atoms with van der Waals surface area (Å²) in [6.07, 6.45) is 3.12. The molecule has 0 aromatic heterocycles. The van der Waals surface area contributed by atoms with Crippen molar-refractivity contribution in [3.05, 3.63) is 34.3 Å². The third kappa shape index (κ3) is 3.80.